The summed E-state index contributed by atoms with van der Waals surface area (Å²) in [5, 5.41) is 18.0. The minimum atomic E-state index is -2.03. The zero-order valence-corrected chi connectivity index (χ0v) is 10.4. The molecule has 1 aliphatic heterocycles. The lowest BCUT2D eigenvalue weighted by Crippen LogP contribution is -2.46. The molecule has 2 N–H and O–H groups in total. The van der Waals surface area contributed by atoms with E-state index < -0.39 is 14.7 Å². The van der Waals surface area contributed by atoms with Gasteiger partial charge in [-0.2, -0.15) is 0 Å². The van der Waals surface area contributed by atoms with Crippen LogP contribution in [-0.4, -0.2) is 44.7 Å². The van der Waals surface area contributed by atoms with Crippen LogP contribution in [0, 0.1) is 0 Å². The predicted molar refractivity (Wildman–Crippen MR) is 59.9 cm³/mol. The topological polar surface area (TPSA) is 58.9 Å². The molecule has 0 saturated carbocycles. The van der Waals surface area contributed by atoms with E-state index in [4.69, 9.17) is 14.0 Å². The van der Waals surface area contributed by atoms with E-state index in [1.54, 1.807) is 0 Å². The van der Waals surface area contributed by atoms with Crippen LogP contribution in [0.3, 0.4) is 0 Å². The van der Waals surface area contributed by atoms with Gasteiger partial charge in [0.05, 0.1) is 19.3 Å². The number of aliphatic hydroxyl groups is 2. The van der Waals surface area contributed by atoms with Gasteiger partial charge in [-0.3, -0.25) is 0 Å². The third kappa shape index (κ3) is 4.20. The first kappa shape index (κ1) is 13.1. The molecule has 15 heavy (non-hydrogen) atoms. The number of aliphatic hydroxyl groups excluding tert-OH is 2. The quantitative estimate of drug-likeness (QED) is 0.674. The lowest BCUT2D eigenvalue weighted by molar-refractivity contribution is 0.0326. The van der Waals surface area contributed by atoms with E-state index >= 15 is 0 Å². The Balaban J connectivity index is 2.41. The lowest BCUT2D eigenvalue weighted by Gasteiger charge is -2.34. The molecule has 2 atom stereocenters. The smallest absolute Gasteiger partial charge is 0.338 e. The van der Waals surface area contributed by atoms with Crippen LogP contribution in [0.5, 0.6) is 0 Å². The zero-order chi connectivity index (χ0) is 11.1. The second-order valence-electron chi connectivity index (χ2n) is 4.11. The summed E-state index contributed by atoms with van der Waals surface area (Å²) in [5.41, 5.74) is 0. The van der Waals surface area contributed by atoms with Crippen LogP contribution in [-0.2, 0) is 8.85 Å². The average molecular weight is 234 g/mol. The van der Waals surface area contributed by atoms with Crippen molar-refractivity contribution in [2.45, 2.75) is 44.4 Å². The van der Waals surface area contributed by atoms with Crippen LogP contribution in [0.25, 0.3) is 0 Å². The summed E-state index contributed by atoms with van der Waals surface area (Å²) in [4.78, 5) is 0. The molecule has 90 valence electrons. The van der Waals surface area contributed by atoms with Gasteiger partial charge in [0, 0.05) is 6.61 Å². The highest BCUT2D eigenvalue weighted by molar-refractivity contribution is 6.67. The van der Waals surface area contributed by atoms with Gasteiger partial charge >= 0.3 is 8.56 Å². The highest BCUT2D eigenvalue weighted by Crippen LogP contribution is 2.28. The molecule has 1 fully saturated rings. The number of rotatable bonds is 6. The first-order valence-electron chi connectivity index (χ1n) is 5.79. The summed E-state index contributed by atoms with van der Waals surface area (Å²) in [7, 11) is -2.03. The summed E-state index contributed by atoms with van der Waals surface area (Å²) in [6.45, 7) is 2.89. The molecule has 1 heterocycles. The van der Waals surface area contributed by atoms with Gasteiger partial charge in [-0.05, 0) is 24.9 Å². The first-order valence-corrected chi connectivity index (χ1v) is 8.02. The van der Waals surface area contributed by atoms with Gasteiger partial charge < -0.3 is 19.1 Å². The van der Waals surface area contributed by atoms with E-state index in [1.807, 2.05) is 0 Å². The standard InChI is InChI=1S/C10H22O4Si/c1-2-6-15(7-4-3-5-13-15)14-9-10(12)8-11/h10-12H,2-9H2,1H3. The molecule has 0 aromatic heterocycles. The van der Waals surface area contributed by atoms with Gasteiger partial charge in [0.2, 0.25) is 0 Å². The van der Waals surface area contributed by atoms with Crippen LogP contribution in [0.15, 0.2) is 0 Å². The summed E-state index contributed by atoms with van der Waals surface area (Å²) >= 11 is 0. The zero-order valence-electron chi connectivity index (χ0n) is 9.45. The molecule has 2 unspecified atom stereocenters. The molecule has 0 aromatic rings. The van der Waals surface area contributed by atoms with Crippen molar-refractivity contribution in [1.29, 1.82) is 0 Å². The Kier molecular flexibility index (Phi) is 5.77. The molecule has 0 aliphatic carbocycles. The molecule has 1 aliphatic rings. The van der Waals surface area contributed by atoms with E-state index in [1.165, 1.54) is 6.42 Å². The van der Waals surface area contributed by atoms with Crippen molar-refractivity contribution in [1.82, 2.24) is 0 Å². The monoisotopic (exact) mass is 234 g/mol. The molecule has 1 saturated heterocycles. The Labute approximate surface area is 92.5 Å². The molecular weight excluding hydrogens is 212 g/mol. The van der Waals surface area contributed by atoms with Gasteiger partial charge in [0.15, 0.2) is 0 Å². The molecule has 5 heteroatoms. The maximum absolute atomic E-state index is 9.26. The van der Waals surface area contributed by atoms with Crippen molar-refractivity contribution in [2.24, 2.45) is 0 Å². The molecule has 0 aromatic carbocycles. The fourth-order valence-corrected chi connectivity index (χ4v) is 5.37. The highest BCUT2D eigenvalue weighted by Gasteiger charge is 2.38. The van der Waals surface area contributed by atoms with Crippen LogP contribution in [0.1, 0.15) is 26.2 Å². The summed E-state index contributed by atoms with van der Waals surface area (Å²) in [6, 6.07) is 2.02. The van der Waals surface area contributed by atoms with E-state index in [0.717, 1.165) is 31.5 Å². The first-order chi connectivity index (χ1) is 7.22. The van der Waals surface area contributed by atoms with Crippen LogP contribution >= 0.6 is 0 Å². The minimum Gasteiger partial charge on any atom is -0.394 e. The van der Waals surface area contributed by atoms with Crippen molar-refractivity contribution < 1.29 is 19.1 Å². The normalized spacial score (nSPS) is 29.0. The highest BCUT2D eigenvalue weighted by atomic mass is 28.4. The Morgan fingerprint density at radius 2 is 2.27 bits per heavy atom. The third-order valence-electron chi connectivity index (χ3n) is 2.70. The fourth-order valence-electron chi connectivity index (χ4n) is 1.89. The molecular formula is C10H22O4Si. The molecule has 0 bridgehead atoms. The second kappa shape index (κ2) is 6.60. The summed E-state index contributed by atoms with van der Waals surface area (Å²) < 4.78 is 11.6. The molecule has 4 nitrogen and oxygen atoms in total. The number of hydrogen-bond acceptors (Lipinski definition) is 4. The second-order valence-corrected chi connectivity index (χ2v) is 7.51. The number of hydrogen-bond donors (Lipinski definition) is 2. The van der Waals surface area contributed by atoms with Crippen LogP contribution in [0.4, 0.5) is 0 Å². The maximum Gasteiger partial charge on any atom is 0.338 e. The van der Waals surface area contributed by atoms with Crippen molar-refractivity contribution in [3.8, 4) is 0 Å². The van der Waals surface area contributed by atoms with Gasteiger partial charge in [-0.25, -0.2) is 0 Å². The van der Waals surface area contributed by atoms with Crippen molar-refractivity contribution in [3.63, 3.8) is 0 Å². The third-order valence-corrected chi connectivity index (χ3v) is 6.50. The Hall–Kier alpha value is 0.0569. The van der Waals surface area contributed by atoms with Crippen LogP contribution in [0.2, 0.25) is 12.1 Å². The van der Waals surface area contributed by atoms with E-state index in [9.17, 15) is 5.11 Å². The van der Waals surface area contributed by atoms with E-state index in [0.29, 0.717) is 0 Å². The molecule has 1 rings (SSSR count). The fraction of sp³-hybridized carbons (Fsp3) is 1.00. The van der Waals surface area contributed by atoms with Crippen LogP contribution < -0.4 is 0 Å². The van der Waals surface area contributed by atoms with Crippen molar-refractivity contribution in [2.75, 3.05) is 19.8 Å². The average Bonchev–Trinajstić information content (AvgIpc) is 2.28. The Bertz CT molecular complexity index is 165. The summed E-state index contributed by atoms with van der Waals surface area (Å²) in [6.07, 6.45) is 2.57. The Morgan fingerprint density at radius 3 is 2.80 bits per heavy atom. The molecule has 0 amide bonds. The van der Waals surface area contributed by atoms with Gasteiger partial charge in [0.1, 0.15) is 0 Å². The van der Waals surface area contributed by atoms with Crippen molar-refractivity contribution in [3.05, 3.63) is 0 Å². The molecule has 0 spiro atoms. The SMILES string of the molecule is CCC[Si]1(OCC(O)CO)CCCCO1. The predicted octanol–water partition coefficient (Wildman–Crippen LogP) is 1.02. The van der Waals surface area contributed by atoms with Gasteiger partial charge in [-0.1, -0.05) is 13.3 Å². The van der Waals surface area contributed by atoms with E-state index in [-0.39, 0.29) is 13.2 Å². The van der Waals surface area contributed by atoms with E-state index in [2.05, 4.69) is 6.92 Å². The lowest BCUT2D eigenvalue weighted by atomic mass is 10.4. The largest absolute Gasteiger partial charge is 0.394 e. The summed E-state index contributed by atoms with van der Waals surface area (Å²) in [5.74, 6) is 0. The Morgan fingerprint density at radius 1 is 1.47 bits per heavy atom. The minimum absolute atomic E-state index is 0.211. The maximum atomic E-state index is 9.26. The van der Waals surface area contributed by atoms with Gasteiger partial charge in [0.25, 0.3) is 0 Å². The molecule has 0 radical (unpaired) electrons. The van der Waals surface area contributed by atoms with Crippen molar-refractivity contribution >= 4 is 8.56 Å². The van der Waals surface area contributed by atoms with Gasteiger partial charge in [-0.15, -0.1) is 0 Å².